The van der Waals surface area contributed by atoms with Crippen molar-refractivity contribution in [3.05, 3.63) is 112 Å². The third-order valence-corrected chi connectivity index (χ3v) is 5.79. The van der Waals surface area contributed by atoms with Crippen molar-refractivity contribution in [2.45, 2.75) is 19.6 Å². The molecule has 1 amide bonds. The van der Waals surface area contributed by atoms with Gasteiger partial charge in [0.15, 0.2) is 0 Å². The number of carbonyl (C=O) groups excluding carboxylic acids is 1. The van der Waals surface area contributed by atoms with Crippen LogP contribution in [0.1, 0.15) is 27.3 Å². The first-order valence-corrected chi connectivity index (χ1v) is 11.2. The van der Waals surface area contributed by atoms with Crippen LogP contribution in [0.25, 0.3) is 5.69 Å². The molecule has 0 saturated carbocycles. The summed E-state index contributed by atoms with van der Waals surface area (Å²) < 4.78 is 4.59. The van der Waals surface area contributed by atoms with Crippen molar-refractivity contribution in [2.24, 2.45) is 0 Å². The zero-order valence-electron chi connectivity index (χ0n) is 18.8. The maximum absolute atomic E-state index is 11.8. The Bertz CT molecular complexity index is 1260. The van der Waals surface area contributed by atoms with Crippen LogP contribution in [-0.4, -0.2) is 39.3 Å². The summed E-state index contributed by atoms with van der Waals surface area (Å²) in [6, 6.07) is 28.1. The van der Waals surface area contributed by atoms with E-state index in [0.717, 1.165) is 17.1 Å². The highest BCUT2D eigenvalue weighted by atomic mass is 32.1. The molecule has 1 N–H and O–H groups in total. The SMILES string of the molecule is CNC(=O)c1ccc(CN(C)Cn2nc(Cc3ccccc3)n(-c3ccccc3)c2=S)cc1. The van der Waals surface area contributed by atoms with E-state index in [1.807, 2.05) is 89.1 Å². The fourth-order valence-corrected chi connectivity index (χ4v) is 4.08. The molecule has 1 aromatic heterocycles. The average molecular weight is 458 g/mol. The molecule has 0 saturated heterocycles. The van der Waals surface area contributed by atoms with Crippen molar-refractivity contribution >= 4 is 18.1 Å². The van der Waals surface area contributed by atoms with Crippen molar-refractivity contribution < 1.29 is 4.79 Å². The highest BCUT2D eigenvalue weighted by Crippen LogP contribution is 2.17. The molecule has 3 aromatic carbocycles. The summed E-state index contributed by atoms with van der Waals surface area (Å²) in [6.45, 7) is 1.26. The first-order chi connectivity index (χ1) is 16.0. The number of rotatable bonds is 8. The molecule has 168 valence electrons. The van der Waals surface area contributed by atoms with Crippen LogP contribution in [-0.2, 0) is 19.6 Å². The van der Waals surface area contributed by atoms with Gasteiger partial charge in [-0.1, -0.05) is 60.7 Å². The number of nitrogens with one attached hydrogen (secondary N) is 1. The number of amides is 1. The van der Waals surface area contributed by atoms with E-state index in [4.69, 9.17) is 17.3 Å². The highest BCUT2D eigenvalue weighted by molar-refractivity contribution is 7.71. The van der Waals surface area contributed by atoms with E-state index in [9.17, 15) is 4.79 Å². The van der Waals surface area contributed by atoms with Crippen LogP contribution in [0.3, 0.4) is 0 Å². The minimum Gasteiger partial charge on any atom is -0.355 e. The van der Waals surface area contributed by atoms with Gasteiger partial charge in [-0.05, 0) is 54.7 Å². The van der Waals surface area contributed by atoms with E-state index >= 15 is 0 Å². The maximum Gasteiger partial charge on any atom is 0.251 e. The fraction of sp³-hybridized carbons (Fsp3) is 0.192. The number of aromatic nitrogens is 3. The van der Waals surface area contributed by atoms with Gasteiger partial charge < -0.3 is 5.32 Å². The highest BCUT2D eigenvalue weighted by Gasteiger charge is 2.14. The number of para-hydroxylation sites is 1. The average Bonchev–Trinajstić information content (AvgIpc) is 3.14. The second-order valence-corrected chi connectivity index (χ2v) is 8.33. The molecular weight excluding hydrogens is 430 g/mol. The second-order valence-electron chi connectivity index (χ2n) is 7.96. The number of hydrogen-bond acceptors (Lipinski definition) is 4. The molecule has 0 aliphatic heterocycles. The van der Waals surface area contributed by atoms with Crippen LogP contribution in [0.2, 0.25) is 0 Å². The predicted octanol–water partition coefficient (Wildman–Crippen LogP) is 4.44. The van der Waals surface area contributed by atoms with Crippen molar-refractivity contribution in [3.8, 4) is 5.69 Å². The molecular formula is C26H27N5OS. The summed E-state index contributed by atoms with van der Waals surface area (Å²) in [5.74, 6) is 0.819. The Hall–Kier alpha value is -3.55. The van der Waals surface area contributed by atoms with E-state index < -0.39 is 0 Å². The molecule has 4 aromatic rings. The van der Waals surface area contributed by atoms with Crippen molar-refractivity contribution in [1.29, 1.82) is 0 Å². The van der Waals surface area contributed by atoms with Gasteiger partial charge in [0.05, 0.1) is 6.67 Å². The molecule has 6 nitrogen and oxygen atoms in total. The summed E-state index contributed by atoms with van der Waals surface area (Å²) >= 11 is 5.85. The molecule has 33 heavy (non-hydrogen) atoms. The molecule has 0 radical (unpaired) electrons. The van der Waals surface area contributed by atoms with Gasteiger partial charge in [0, 0.05) is 31.3 Å². The molecule has 1 heterocycles. The Kier molecular flexibility index (Phi) is 7.12. The minimum absolute atomic E-state index is 0.0846. The Morgan fingerprint density at radius 1 is 0.939 bits per heavy atom. The lowest BCUT2D eigenvalue weighted by atomic mass is 10.1. The Balaban J connectivity index is 1.57. The van der Waals surface area contributed by atoms with Gasteiger partial charge in [-0.3, -0.25) is 14.3 Å². The minimum atomic E-state index is -0.0846. The van der Waals surface area contributed by atoms with E-state index in [-0.39, 0.29) is 5.91 Å². The predicted molar refractivity (Wildman–Crippen MR) is 133 cm³/mol. The zero-order valence-corrected chi connectivity index (χ0v) is 19.6. The van der Waals surface area contributed by atoms with Crippen LogP contribution >= 0.6 is 12.2 Å². The van der Waals surface area contributed by atoms with Crippen LogP contribution in [0.15, 0.2) is 84.9 Å². The molecule has 0 fully saturated rings. The van der Waals surface area contributed by atoms with Crippen molar-refractivity contribution in [3.63, 3.8) is 0 Å². The van der Waals surface area contributed by atoms with Gasteiger partial charge in [0.25, 0.3) is 5.91 Å². The molecule has 0 spiro atoms. The number of benzene rings is 3. The normalized spacial score (nSPS) is 11.0. The van der Waals surface area contributed by atoms with E-state index in [1.165, 1.54) is 5.56 Å². The third-order valence-electron chi connectivity index (χ3n) is 5.40. The largest absolute Gasteiger partial charge is 0.355 e. The lowest BCUT2D eigenvalue weighted by Gasteiger charge is -2.16. The van der Waals surface area contributed by atoms with Crippen molar-refractivity contribution in [1.82, 2.24) is 24.6 Å². The molecule has 4 rings (SSSR count). The molecule has 0 atom stereocenters. The van der Waals surface area contributed by atoms with Gasteiger partial charge >= 0.3 is 0 Å². The Morgan fingerprint density at radius 2 is 1.58 bits per heavy atom. The van der Waals surface area contributed by atoms with Crippen LogP contribution < -0.4 is 5.32 Å². The van der Waals surface area contributed by atoms with Gasteiger partial charge in [0.2, 0.25) is 4.77 Å². The zero-order chi connectivity index (χ0) is 23.2. The molecule has 0 unspecified atom stereocenters. The van der Waals surface area contributed by atoms with Gasteiger partial charge in [-0.25, -0.2) is 4.68 Å². The van der Waals surface area contributed by atoms with Crippen LogP contribution in [0.5, 0.6) is 0 Å². The lowest BCUT2D eigenvalue weighted by molar-refractivity contribution is 0.0963. The molecule has 0 bridgehead atoms. The smallest absolute Gasteiger partial charge is 0.251 e. The second kappa shape index (κ2) is 10.4. The molecule has 0 aliphatic carbocycles. The number of carbonyl (C=O) groups is 1. The Labute approximate surface area is 199 Å². The topological polar surface area (TPSA) is 55.1 Å². The van der Waals surface area contributed by atoms with Gasteiger partial charge in [-0.2, -0.15) is 5.10 Å². The summed E-state index contributed by atoms with van der Waals surface area (Å²) in [7, 11) is 3.67. The summed E-state index contributed by atoms with van der Waals surface area (Å²) in [5.41, 5.74) is 3.96. The summed E-state index contributed by atoms with van der Waals surface area (Å²) in [4.78, 5) is 13.9. The number of nitrogens with zero attached hydrogens (tertiary/aromatic N) is 4. The van der Waals surface area contributed by atoms with Crippen LogP contribution in [0.4, 0.5) is 0 Å². The van der Waals surface area contributed by atoms with Gasteiger partial charge in [-0.15, -0.1) is 0 Å². The van der Waals surface area contributed by atoms with Crippen LogP contribution in [0, 0.1) is 4.77 Å². The summed E-state index contributed by atoms with van der Waals surface area (Å²) in [6.07, 6.45) is 0.692. The molecule has 7 heteroatoms. The summed E-state index contributed by atoms with van der Waals surface area (Å²) in [5, 5.41) is 7.54. The van der Waals surface area contributed by atoms with Crippen molar-refractivity contribution in [2.75, 3.05) is 14.1 Å². The maximum atomic E-state index is 11.8. The van der Waals surface area contributed by atoms with Gasteiger partial charge in [0.1, 0.15) is 5.82 Å². The molecule has 0 aliphatic rings. The fourth-order valence-electron chi connectivity index (χ4n) is 3.77. The first kappa shape index (κ1) is 22.6. The first-order valence-electron chi connectivity index (χ1n) is 10.8. The Morgan fingerprint density at radius 3 is 2.21 bits per heavy atom. The lowest BCUT2D eigenvalue weighted by Crippen LogP contribution is -2.23. The monoisotopic (exact) mass is 457 g/mol. The quantitative estimate of drug-likeness (QED) is 0.398. The van der Waals surface area contributed by atoms with E-state index in [2.05, 4.69) is 22.3 Å². The van der Waals surface area contributed by atoms with E-state index in [0.29, 0.717) is 30.0 Å². The standard InChI is InChI=1S/C26H27N5OS/c1-27-25(32)22-15-13-21(14-16-22)18-29(2)19-30-26(33)31(23-11-7-4-8-12-23)24(28-30)17-20-9-5-3-6-10-20/h3-16H,17-19H2,1-2H3,(H,27,32). The van der Waals surface area contributed by atoms with E-state index in [1.54, 1.807) is 7.05 Å². The number of hydrogen-bond donors (Lipinski definition) is 1. The third kappa shape index (κ3) is 5.45.